The number of hydrogen-bond acceptors (Lipinski definition) is 3. The second-order valence-corrected chi connectivity index (χ2v) is 14.0. The summed E-state index contributed by atoms with van der Waals surface area (Å²) in [5.74, 6) is 0. The number of para-hydroxylation sites is 2. The lowest BCUT2D eigenvalue weighted by Crippen LogP contribution is -2.09. The van der Waals surface area contributed by atoms with Gasteiger partial charge in [-0.1, -0.05) is 110 Å². The predicted octanol–water partition coefficient (Wildman–Crippen LogP) is 14.8. The van der Waals surface area contributed by atoms with Crippen LogP contribution in [0.25, 0.3) is 76.9 Å². The summed E-state index contributed by atoms with van der Waals surface area (Å²) in [5, 5.41) is 7.00. The Kier molecular flexibility index (Phi) is 7.58. The van der Waals surface area contributed by atoms with Gasteiger partial charge in [-0.05, 0) is 124 Å². The lowest BCUT2D eigenvalue weighted by Gasteiger charge is -2.26. The third-order valence-electron chi connectivity index (χ3n) is 10.6. The van der Waals surface area contributed by atoms with Crippen molar-refractivity contribution in [3.8, 4) is 22.3 Å². The second kappa shape index (κ2) is 12.9. The van der Waals surface area contributed by atoms with Crippen molar-refractivity contribution in [3.63, 3.8) is 0 Å². The summed E-state index contributed by atoms with van der Waals surface area (Å²) < 4.78 is 12.6. The standard InChI is InChI=1S/C50H37NO2/c1-2-3-9-33-14-15-36-16-17-37(31-39(36)30-33)34-18-23-41(24-19-34)51(40-10-5-4-6-11-40)42-25-20-35(21-26-42)38-22-27-44-48(32-38)53-47-29-28-46-49(50(44)47)43-12-7-8-13-45(43)52-46/h4-8,10-32H,2-3,9H2,1H3. The molecule has 0 bridgehead atoms. The number of rotatable bonds is 8. The first-order valence-electron chi connectivity index (χ1n) is 18.6. The third-order valence-corrected chi connectivity index (χ3v) is 10.6. The van der Waals surface area contributed by atoms with Gasteiger partial charge in [-0.25, -0.2) is 0 Å². The van der Waals surface area contributed by atoms with Crippen molar-refractivity contribution in [3.05, 3.63) is 175 Å². The Labute approximate surface area is 308 Å². The highest BCUT2D eigenvalue weighted by atomic mass is 16.3. The van der Waals surface area contributed by atoms with Gasteiger partial charge in [0.15, 0.2) is 0 Å². The summed E-state index contributed by atoms with van der Waals surface area (Å²) in [6.45, 7) is 2.25. The van der Waals surface area contributed by atoms with Crippen LogP contribution in [-0.2, 0) is 6.42 Å². The van der Waals surface area contributed by atoms with E-state index in [1.54, 1.807) is 0 Å². The molecule has 0 saturated carbocycles. The van der Waals surface area contributed by atoms with Gasteiger partial charge in [0.1, 0.15) is 22.3 Å². The van der Waals surface area contributed by atoms with Gasteiger partial charge < -0.3 is 13.7 Å². The van der Waals surface area contributed by atoms with E-state index in [1.165, 1.54) is 40.3 Å². The molecule has 0 saturated heterocycles. The minimum atomic E-state index is 0.869. The molecule has 0 N–H and O–H groups in total. The number of furan rings is 2. The van der Waals surface area contributed by atoms with Crippen LogP contribution in [0, 0.1) is 0 Å². The SMILES string of the molecule is CCCCc1ccc2ccc(-c3ccc(N(c4ccccc4)c4ccc(-c5ccc6c(c5)oc5ccc7oc8ccccc8c7c56)cc4)cc3)cc2c1. The molecule has 0 aliphatic rings. The Balaban J connectivity index is 0.977. The number of fused-ring (bicyclic) bond motifs is 8. The molecule has 10 aromatic rings. The molecule has 2 heterocycles. The fourth-order valence-electron chi connectivity index (χ4n) is 7.90. The van der Waals surface area contributed by atoms with Gasteiger partial charge in [-0.15, -0.1) is 0 Å². The second-order valence-electron chi connectivity index (χ2n) is 14.0. The Morgan fingerprint density at radius 3 is 1.70 bits per heavy atom. The summed E-state index contributed by atoms with van der Waals surface area (Å²) in [5.41, 5.74) is 12.9. The van der Waals surface area contributed by atoms with Crippen LogP contribution < -0.4 is 4.90 Å². The molecule has 3 nitrogen and oxygen atoms in total. The molecule has 0 unspecified atom stereocenters. The maximum Gasteiger partial charge on any atom is 0.136 e. The van der Waals surface area contributed by atoms with Gasteiger partial charge in [-0.3, -0.25) is 0 Å². The number of nitrogens with zero attached hydrogens (tertiary/aromatic N) is 1. The van der Waals surface area contributed by atoms with E-state index in [9.17, 15) is 0 Å². The molecule has 0 amide bonds. The molecule has 10 rings (SSSR count). The van der Waals surface area contributed by atoms with Crippen molar-refractivity contribution < 1.29 is 8.83 Å². The largest absolute Gasteiger partial charge is 0.456 e. The first-order valence-corrected chi connectivity index (χ1v) is 18.6. The van der Waals surface area contributed by atoms with Crippen molar-refractivity contribution in [2.24, 2.45) is 0 Å². The van der Waals surface area contributed by atoms with Crippen LogP contribution in [0.3, 0.4) is 0 Å². The molecule has 0 aliphatic carbocycles. The molecule has 53 heavy (non-hydrogen) atoms. The Morgan fingerprint density at radius 2 is 0.981 bits per heavy atom. The van der Waals surface area contributed by atoms with Crippen LogP contribution in [0.2, 0.25) is 0 Å². The minimum Gasteiger partial charge on any atom is -0.456 e. The van der Waals surface area contributed by atoms with E-state index in [4.69, 9.17) is 8.83 Å². The Morgan fingerprint density at radius 1 is 0.415 bits per heavy atom. The van der Waals surface area contributed by atoms with E-state index >= 15 is 0 Å². The maximum atomic E-state index is 6.45. The van der Waals surface area contributed by atoms with Crippen LogP contribution in [0.15, 0.2) is 179 Å². The van der Waals surface area contributed by atoms with Crippen molar-refractivity contribution >= 4 is 71.7 Å². The molecule has 0 spiro atoms. The van der Waals surface area contributed by atoms with Crippen LogP contribution in [0.1, 0.15) is 25.3 Å². The lowest BCUT2D eigenvalue weighted by molar-refractivity contribution is 0.663. The third kappa shape index (κ3) is 5.53. The van der Waals surface area contributed by atoms with E-state index in [0.29, 0.717) is 0 Å². The zero-order valence-electron chi connectivity index (χ0n) is 29.6. The summed E-state index contributed by atoms with van der Waals surface area (Å²) in [6.07, 6.45) is 3.56. The fraction of sp³-hybridized carbons (Fsp3) is 0.0800. The maximum absolute atomic E-state index is 6.45. The van der Waals surface area contributed by atoms with Gasteiger partial charge in [0.05, 0.1) is 0 Å². The minimum absolute atomic E-state index is 0.869. The van der Waals surface area contributed by atoms with Crippen molar-refractivity contribution in [1.82, 2.24) is 0 Å². The molecular formula is C50H37NO2. The van der Waals surface area contributed by atoms with Crippen LogP contribution in [0.4, 0.5) is 17.1 Å². The molecule has 8 aromatic carbocycles. The smallest absolute Gasteiger partial charge is 0.136 e. The molecule has 0 radical (unpaired) electrons. The number of anilines is 3. The molecule has 3 heteroatoms. The number of aryl methyl sites for hydroxylation is 1. The van der Waals surface area contributed by atoms with Gasteiger partial charge in [0, 0.05) is 38.6 Å². The first-order chi connectivity index (χ1) is 26.2. The number of benzene rings is 8. The molecule has 254 valence electrons. The van der Waals surface area contributed by atoms with E-state index in [0.717, 1.165) is 78.5 Å². The highest BCUT2D eigenvalue weighted by molar-refractivity contribution is 6.25. The monoisotopic (exact) mass is 683 g/mol. The van der Waals surface area contributed by atoms with Crippen LogP contribution >= 0.6 is 0 Å². The molecular weight excluding hydrogens is 647 g/mol. The van der Waals surface area contributed by atoms with Crippen molar-refractivity contribution in [2.75, 3.05) is 4.90 Å². The zero-order chi connectivity index (χ0) is 35.3. The summed E-state index contributed by atoms with van der Waals surface area (Å²) >= 11 is 0. The van der Waals surface area contributed by atoms with E-state index in [2.05, 4.69) is 157 Å². The van der Waals surface area contributed by atoms with Gasteiger partial charge >= 0.3 is 0 Å². The van der Waals surface area contributed by atoms with E-state index in [1.807, 2.05) is 24.3 Å². The highest BCUT2D eigenvalue weighted by Crippen LogP contribution is 2.42. The Hall–Kier alpha value is -6.58. The van der Waals surface area contributed by atoms with Gasteiger partial charge in [0.25, 0.3) is 0 Å². The quantitative estimate of drug-likeness (QED) is 0.160. The topological polar surface area (TPSA) is 29.5 Å². The fourth-order valence-corrected chi connectivity index (χ4v) is 7.90. The lowest BCUT2D eigenvalue weighted by atomic mass is 9.98. The predicted molar refractivity (Wildman–Crippen MR) is 223 cm³/mol. The molecule has 0 fully saturated rings. The van der Waals surface area contributed by atoms with Crippen molar-refractivity contribution in [2.45, 2.75) is 26.2 Å². The van der Waals surface area contributed by atoms with Crippen LogP contribution in [0.5, 0.6) is 0 Å². The summed E-state index contributed by atoms with van der Waals surface area (Å²) in [7, 11) is 0. The summed E-state index contributed by atoms with van der Waals surface area (Å²) in [4.78, 5) is 2.32. The molecule has 0 aliphatic heterocycles. The Bertz CT molecular complexity index is 2920. The van der Waals surface area contributed by atoms with E-state index in [-0.39, 0.29) is 0 Å². The number of hydrogen-bond donors (Lipinski definition) is 0. The first kappa shape index (κ1) is 31.2. The average Bonchev–Trinajstić information content (AvgIpc) is 3.78. The van der Waals surface area contributed by atoms with Crippen LogP contribution in [-0.4, -0.2) is 0 Å². The van der Waals surface area contributed by atoms with E-state index < -0.39 is 0 Å². The number of unbranched alkanes of at least 4 members (excludes halogenated alkanes) is 1. The normalized spacial score (nSPS) is 11.7. The highest BCUT2D eigenvalue weighted by Gasteiger charge is 2.17. The molecule has 0 atom stereocenters. The van der Waals surface area contributed by atoms with Gasteiger partial charge in [0.2, 0.25) is 0 Å². The zero-order valence-corrected chi connectivity index (χ0v) is 29.6. The van der Waals surface area contributed by atoms with Gasteiger partial charge in [-0.2, -0.15) is 0 Å². The van der Waals surface area contributed by atoms with Crippen molar-refractivity contribution in [1.29, 1.82) is 0 Å². The average molecular weight is 684 g/mol. The molecule has 2 aromatic heterocycles. The summed E-state index contributed by atoms with van der Waals surface area (Å²) in [6, 6.07) is 60.8.